The number of hydrogen-bond acceptors (Lipinski definition) is 8. The van der Waals surface area contributed by atoms with Crippen molar-refractivity contribution in [1.29, 1.82) is 0 Å². The summed E-state index contributed by atoms with van der Waals surface area (Å²) in [4.78, 5) is 20.2. The molecule has 8 nitrogen and oxygen atoms in total. The topological polar surface area (TPSA) is 99.4 Å². The zero-order chi connectivity index (χ0) is 21.3. The molecule has 0 fully saturated rings. The van der Waals surface area contributed by atoms with Crippen LogP contribution in [0.4, 0.5) is 17.2 Å². The third kappa shape index (κ3) is 3.60. The Morgan fingerprint density at radius 1 is 1.10 bits per heavy atom. The van der Waals surface area contributed by atoms with Crippen molar-refractivity contribution in [3.63, 3.8) is 0 Å². The van der Waals surface area contributed by atoms with Crippen molar-refractivity contribution in [2.45, 2.75) is 0 Å². The number of ether oxygens (including phenoxy) is 2. The molecule has 0 bridgehead atoms. The van der Waals surface area contributed by atoms with E-state index >= 15 is 0 Å². The number of anilines is 2. The second kappa shape index (κ2) is 8.13. The minimum atomic E-state index is -0.525. The van der Waals surface area contributed by atoms with Crippen LogP contribution < -0.4 is 14.8 Å². The first-order chi connectivity index (χ1) is 14.5. The normalized spacial score (nSPS) is 10.8. The van der Waals surface area contributed by atoms with E-state index < -0.39 is 4.92 Å². The summed E-state index contributed by atoms with van der Waals surface area (Å²) < 4.78 is 10.7. The molecule has 4 aromatic rings. The molecule has 30 heavy (non-hydrogen) atoms. The number of halogens is 1. The van der Waals surface area contributed by atoms with Crippen LogP contribution in [0.15, 0.2) is 48.1 Å². The van der Waals surface area contributed by atoms with E-state index in [1.165, 1.54) is 29.8 Å². The van der Waals surface area contributed by atoms with Gasteiger partial charge < -0.3 is 14.8 Å². The summed E-state index contributed by atoms with van der Waals surface area (Å²) in [5.74, 6) is 1.76. The van der Waals surface area contributed by atoms with Crippen LogP contribution in [0.1, 0.15) is 0 Å². The highest BCUT2D eigenvalue weighted by atomic mass is 35.5. The van der Waals surface area contributed by atoms with Gasteiger partial charge in [-0.05, 0) is 29.8 Å². The Hall–Kier alpha value is -3.43. The number of nitrogens with one attached hydrogen (secondary N) is 1. The molecule has 10 heteroatoms. The van der Waals surface area contributed by atoms with E-state index in [-0.39, 0.29) is 10.7 Å². The van der Waals surface area contributed by atoms with Crippen LogP contribution in [0.5, 0.6) is 11.5 Å². The molecule has 2 aromatic carbocycles. The number of hydrogen-bond donors (Lipinski definition) is 1. The lowest BCUT2D eigenvalue weighted by Crippen LogP contribution is -1.97. The maximum absolute atomic E-state index is 11.2. The monoisotopic (exact) mass is 442 g/mol. The molecule has 0 saturated carbocycles. The highest BCUT2D eigenvalue weighted by molar-refractivity contribution is 7.17. The van der Waals surface area contributed by atoms with E-state index in [4.69, 9.17) is 21.1 Å². The van der Waals surface area contributed by atoms with Crippen molar-refractivity contribution in [3.05, 3.63) is 63.2 Å². The maximum atomic E-state index is 11.2. The molecule has 0 aliphatic heterocycles. The summed E-state index contributed by atoms with van der Waals surface area (Å²) >= 11 is 7.39. The van der Waals surface area contributed by atoms with Crippen LogP contribution in [0, 0.1) is 10.1 Å². The fourth-order valence-electron chi connectivity index (χ4n) is 3.05. The quantitative estimate of drug-likeness (QED) is 0.303. The van der Waals surface area contributed by atoms with Crippen LogP contribution in [-0.4, -0.2) is 29.1 Å². The lowest BCUT2D eigenvalue weighted by atomic mass is 10.1. The second-order valence-corrected chi connectivity index (χ2v) is 7.44. The predicted molar refractivity (Wildman–Crippen MR) is 117 cm³/mol. The fourth-order valence-corrected chi connectivity index (χ4v) is 4.16. The smallest absolute Gasteiger partial charge is 0.289 e. The van der Waals surface area contributed by atoms with Gasteiger partial charge in [0.2, 0.25) is 0 Å². The predicted octanol–water partition coefficient (Wildman–Crippen LogP) is 5.68. The molecule has 0 saturated heterocycles. The zero-order valence-electron chi connectivity index (χ0n) is 15.9. The first-order valence-electron chi connectivity index (χ1n) is 8.67. The van der Waals surface area contributed by atoms with E-state index in [9.17, 15) is 10.1 Å². The Balaban J connectivity index is 1.81. The van der Waals surface area contributed by atoms with Crippen LogP contribution >= 0.6 is 22.9 Å². The van der Waals surface area contributed by atoms with Crippen molar-refractivity contribution in [2.24, 2.45) is 0 Å². The summed E-state index contributed by atoms with van der Waals surface area (Å²) in [6, 6.07) is 10.1. The number of nitro benzene ring substituents is 1. The summed E-state index contributed by atoms with van der Waals surface area (Å²) in [5, 5.41) is 17.2. The van der Waals surface area contributed by atoms with Gasteiger partial charge in [0.05, 0.1) is 24.5 Å². The van der Waals surface area contributed by atoms with Crippen molar-refractivity contribution in [2.75, 3.05) is 19.5 Å². The molecular formula is C20H15ClN4O4S. The summed E-state index contributed by atoms with van der Waals surface area (Å²) in [5.41, 5.74) is 2.12. The largest absolute Gasteiger partial charge is 0.493 e. The average molecular weight is 443 g/mol. The molecule has 0 amide bonds. The molecule has 0 atom stereocenters. The van der Waals surface area contributed by atoms with Gasteiger partial charge in [-0.15, -0.1) is 11.3 Å². The van der Waals surface area contributed by atoms with Crippen LogP contribution in [0.3, 0.4) is 0 Å². The fraction of sp³-hybridized carbons (Fsp3) is 0.100. The molecular weight excluding hydrogens is 428 g/mol. The number of rotatable bonds is 6. The van der Waals surface area contributed by atoms with E-state index in [1.54, 1.807) is 20.3 Å². The van der Waals surface area contributed by atoms with Crippen LogP contribution in [-0.2, 0) is 0 Å². The molecule has 0 unspecified atom stereocenters. The third-order valence-electron chi connectivity index (χ3n) is 4.47. The van der Waals surface area contributed by atoms with Crippen molar-refractivity contribution in [3.8, 4) is 22.6 Å². The molecule has 2 heterocycles. The number of benzene rings is 2. The number of nitrogens with zero attached hydrogens (tertiary/aromatic N) is 3. The number of methoxy groups -OCH3 is 2. The van der Waals surface area contributed by atoms with Crippen LogP contribution in [0.2, 0.25) is 5.02 Å². The number of aromatic nitrogens is 2. The second-order valence-electron chi connectivity index (χ2n) is 6.17. The highest BCUT2D eigenvalue weighted by Crippen LogP contribution is 2.40. The summed E-state index contributed by atoms with van der Waals surface area (Å²) in [7, 11) is 3.16. The van der Waals surface area contributed by atoms with Gasteiger partial charge in [-0.2, -0.15) is 0 Å². The van der Waals surface area contributed by atoms with E-state index in [0.29, 0.717) is 23.0 Å². The van der Waals surface area contributed by atoms with Crippen molar-refractivity contribution < 1.29 is 14.4 Å². The molecule has 0 aliphatic carbocycles. The number of fused-ring (bicyclic) bond motifs is 1. The van der Waals surface area contributed by atoms with E-state index in [1.807, 2.05) is 23.6 Å². The Bertz CT molecular complexity index is 1260. The Labute approximate surface area is 180 Å². The van der Waals surface area contributed by atoms with Gasteiger partial charge in [0.15, 0.2) is 11.5 Å². The van der Waals surface area contributed by atoms with Crippen molar-refractivity contribution in [1.82, 2.24) is 9.97 Å². The Morgan fingerprint density at radius 2 is 1.90 bits per heavy atom. The van der Waals surface area contributed by atoms with E-state index in [0.717, 1.165) is 21.3 Å². The highest BCUT2D eigenvalue weighted by Gasteiger charge is 2.17. The molecule has 4 rings (SSSR count). The number of nitro groups is 1. The first-order valence-corrected chi connectivity index (χ1v) is 9.93. The molecule has 0 radical (unpaired) electrons. The van der Waals surface area contributed by atoms with Gasteiger partial charge in [0.25, 0.3) is 5.69 Å². The van der Waals surface area contributed by atoms with Crippen molar-refractivity contribution >= 4 is 50.3 Å². The molecule has 0 spiro atoms. The first kappa shape index (κ1) is 19.9. The molecule has 1 N–H and O–H groups in total. The van der Waals surface area contributed by atoms with Gasteiger partial charge in [-0.1, -0.05) is 17.7 Å². The Kier molecular flexibility index (Phi) is 5.39. The summed E-state index contributed by atoms with van der Waals surface area (Å²) in [6.45, 7) is 0. The summed E-state index contributed by atoms with van der Waals surface area (Å²) in [6.07, 6.45) is 1.45. The number of thiophene rings is 1. The molecule has 152 valence electrons. The molecule has 2 aromatic heterocycles. The lowest BCUT2D eigenvalue weighted by Gasteiger charge is -2.11. The van der Waals surface area contributed by atoms with Gasteiger partial charge in [0, 0.05) is 22.7 Å². The molecule has 0 aliphatic rings. The van der Waals surface area contributed by atoms with Gasteiger partial charge in [0.1, 0.15) is 22.0 Å². The minimum absolute atomic E-state index is 0.0694. The van der Waals surface area contributed by atoms with E-state index in [2.05, 4.69) is 15.3 Å². The SMILES string of the molecule is COc1ccc(-c2csc3ncnc(Nc4ccc(Cl)c([N+](=O)[O-])c4)c23)cc1OC. The van der Waals surface area contributed by atoms with Gasteiger partial charge >= 0.3 is 0 Å². The van der Waals surface area contributed by atoms with Gasteiger partial charge in [-0.3, -0.25) is 10.1 Å². The lowest BCUT2D eigenvalue weighted by molar-refractivity contribution is -0.384. The average Bonchev–Trinajstić information content (AvgIpc) is 3.19. The van der Waals surface area contributed by atoms with Crippen LogP contribution in [0.25, 0.3) is 21.3 Å². The minimum Gasteiger partial charge on any atom is -0.493 e. The zero-order valence-corrected chi connectivity index (χ0v) is 17.5. The third-order valence-corrected chi connectivity index (χ3v) is 5.68. The maximum Gasteiger partial charge on any atom is 0.289 e. The standard InChI is InChI=1S/C20H15ClN4O4S/c1-28-16-6-3-11(7-17(16)29-2)13-9-30-20-18(13)19(22-10-23-20)24-12-4-5-14(21)15(8-12)25(26)27/h3-10H,1-2H3,(H,22,23,24). The Morgan fingerprint density at radius 3 is 2.63 bits per heavy atom. The van der Waals surface area contributed by atoms with Gasteiger partial charge in [-0.25, -0.2) is 9.97 Å².